The van der Waals surface area contributed by atoms with E-state index < -0.39 is 0 Å². The van der Waals surface area contributed by atoms with Crippen LogP contribution in [0.1, 0.15) is 16.9 Å². The lowest BCUT2D eigenvalue weighted by Gasteiger charge is -2.26. The Labute approximate surface area is 330 Å². The SMILES string of the molecule is C=C(c1ccc(N(c2ccc(-c3ccccc3-c3ccccc3)cc2)c2ccc(-c3ccnc4c3oc3ccccc34)cc2)cc1)c1oc2ccccc2c1CN. The first-order chi connectivity index (χ1) is 28.1. The summed E-state index contributed by atoms with van der Waals surface area (Å²) in [7, 11) is 0. The van der Waals surface area contributed by atoms with Crippen LogP contribution in [0.2, 0.25) is 0 Å². The number of nitrogens with zero attached hydrogens (tertiary/aromatic N) is 2. The van der Waals surface area contributed by atoms with E-state index in [-0.39, 0.29) is 0 Å². The molecule has 10 aromatic rings. The molecule has 5 heteroatoms. The summed E-state index contributed by atoms with van der Waals surface area (Å²) in [5, 5.41) is 2.03. The molecule has 0 spiro atoms. The zero-order chi connectivity index (χ0) is 38.3. The number of fused-ring (bicyclic) bond motifs is 4. The van der Waals surface area contributed by atoms with Gasteiger partial charge < -0.3 is 19.5 Å². The molecule has 0 amide bonds. The summed E-state index contributed by atoms with van der Waals surface area (Å²) in [5.74, 6) is 0.722. The summed E-state index contributed by atoms with van der Waals surface area (Å²) in [6.07, 6.45) is 1.86. The highest BCUT2D eigenvalue weighted by Gasteiger charge is 2.19. The normalized spacial score (nSPS) is 11.4. The Hall–Kier alpha value is -7.47. The maximum Gasteiger partial charge on any atom is 0.161 e. The zero-order valence-electron chi connectivity index (χ0n) is 31.1. The van der Waals surface area contributed by atoms with Crippen LogP contribution < -0.4 is 10.6 Å². The Kier molecular flexibility index (Phi) is 8.55. The number of hydrogen-bond donors (Lipinski definition) is 1. The summed E-state index contributed by atoms with van der Waals surface area (Å²) in [6, 6.07) is 63.1. The number of anilines is 3. The van der Waals surface area contributed by atoms with Crippen molar-refractivity contribution < 1.29 is 8.83 Å². The van der Waals surface area contributed by atoms with Gasteiger partial charge in [0.05, 0.1) is 0 Å². The second-order valence-electron chi connectivity index (χ2n) is 14.1. The molecule has 0 bridgehead atoms. The smallest absolute Gasteiger partial charge is 0.161 e. The van der Waals surface area contributed by atoms with Crippen molar-refractivity contribution in [2.24, 2.45) is 5.73 Å². The van der Waals surface area contributed by atoms with Gasteiger partial charge in [0.1, 0.15) is 22.4 Å². The van der Waals surface area contributed by atoms with Gasteiger partial charge in [-0.1, -0.05) is 128 Å². The first-order valence-corrected chi connectivity index (χ1v) is 19.1. The number of benzene rings is 7. The van der Waals surface area contributed by atoms with Gasteiger partial charge in [-0.05, 0) is 94.0 Å². The minimum atomic E-state index is 0.362. The van der Waals surface area contributed by atoms with Crippen LogP contribution in [0.25, 0.3) is 72.0 Å². The summed E-state index contributed by atoms with van der Waals surface area (Å²) in [4.78, 5) is 6.95. The average molecular weight is 736 g/mol. The van der Waals surface area contributed by atoms with Crippen LogP contribution in [-0.2, 0) is 6.54 Å². The van der Waals surface area contributed by atoms with Crippen LogP contribution in [0.4, 0.5) is 17.1 Å². The summed E-state index contributed by atoms with van der Waals surface area (Å²) in [6.45, 7) is 4.82. The van der Waals surface area contributed by atoms with Crippen LogP contribution in [0, 0.1) is 0 Å². The Balaban J connectivity index is 1.04. The maximum atomic E-state index is 6.34. The molecular weight excluding hydrogens is 699 g/mol. The van der Waals surface area contributed by atoms with Crippen LogP contribution in [0.15, 0.2) is 204 Å². The van der Waals surface area contributed by atoms with Gasteiger partial charge in [-0.3, -0.25) is 4.98 Å². The van der Waals surface area contributed by atoms with Crippen LogP contribution in [-0.4, -0.2) is 4.98 Å². The van der Waals surface area contributed by atoms with E-state index in [4.69, 9.17) is 14.6 Å². The van der Waals surface area contributed by atoms with Gasteiger partial charge >= 0.3 is 0 Å². The second kappa shape index (κ2) is 14.3. The minimum Gasteiger partial charge on any atom is -0.456 e. The standard InChI is InChI=1S/C52H37N3O2/c1-34(51-47(33-53)45-15-7-9-17-48(45)56-51)35-19-25-39(26-20-35)55(40-27-21-37(22-28-40)43-14-6-5-13-42(43)36-11-3-2-4-12-36)41-29-23-38(24-30-41)44-31-32-54-50-46-16-8-10-18-49(46)57-52(44)50/h2-32H,1,33,53H2. The topological polar surface area (TPSA) is 68.4 Å². The van der Waals surface area contributed by atoms with E-state index in [2.05, 4.69) is 150 Å². The first-order valence-electron chi connectivity index (χ1n) is 19.1. The fraction of sp³-hybridized carbons (Fsp3) is 0.0192. The molecular formula is C52H37N3O2. The third kappa shape index (κ3) is 6.07. The van der Waals surface area contributed by atoms with Gasteiger partial charge in [0.2, 0.25) is 0 Å². The van der Waals surface area contributed by atoms with Gasteiger partial charge in [-0.2, -0.15) is 0 Å². The van der Waals surface area contributed by atoms with E-state index in [0.717, 1.165) is 89.3 Å². The minimum absolute atomic E-state index is 0.362. The van der Waals surface area contributed by atoms with Crippen LogP contribution in [0.3, 0.4) is 0 Å². The van der Waals surface area contributed by atoms with E-state index >= 15 is 0 Å². The fourth-order valence-electron chi connectivity index (χ4n) is 7.95. The molecule has 3 aromatic heterocycles. The highest BCUT2D eigenvalue weighted by molar-refractivity contribution is 6.07. The summed E-state index contributed by atoms with van der Waals surface area (Å²) < 4.78 is 12.6. The molecule has 0 aliphatic rings. The molecule has 0 saturated carbocycles. The van der Waals surface area contributed by atoms with Crippen molar-refractivity contribution in [2.45, 2.75) is 6.54 Å². The van der Waals surface area contributed by atoms with Crippen LogP contribution in [0.5, 0.6) is 0 Å². The fourth-order valence-corrected chi connectivity index (χ4v) is 7.95. The lowest BCUT2D eigenvalue weighted by molar-refractivity contribution is 0.595. The van der Waals surface area contributed by atoms with Gasteiger partial charge in [0.25, 0.3) is 0 Å². The lowest BCUT2D eigenvalue weighted by atomic mass is 9.94. The number of pyridine rings is 1. The molecule has 272 valence electrons. The molecule has 7 aromatic carbocycles. The second-order valence-corrected chi connectivity index (χ2v) is 14.1. The lowest BCUT2D eigenvalue weighted by Crippen LogP contribution is -2.10. The molecule has 0 fully saturated rings. The molecule has 2 N–H and O–H groups in total. The highest BCUT2D eigenvalue weighted by Crippen LogP contribution is 2.41. The van der Waals surface area contributed by atoms with Gasteiger partial charge in [-0.15, -0.1) is 0 Å². The molecule has 0 saturated heterocycles. The third-order valence-electron chi connectivity index (χ3n) is 10.8. The molecule has 0 radical (unpaired) electrons. The Morgan fingerprint density at radius 1 is 0.509 bits per heavy atom. The van der Waals surface area contributed by atoms with E-state index in [1.807, 2.05) is 54.7 Å². The number of hydrogen-bond acceptors (Lipinski definition) is 5. The molecule has 10 rings (SSSR count). The van der Waals surface area contributed by atoms with Crippen molar-refractivity contribution in [3.8, 4) is 33.4 Å². The van der Waals surface area contributed by atoms with E-state index in [1.54, 1.807) is 0 Å². The van der Waals surface area contributed by atoms with Crippen LogP contribution >= 0.6 is 0 Å². The quantitative estimate of drug-likeness (QED) is 0.160. The monoisotopic (exact) mass is 735 g/mol. The number of para-hydroxylation sites is 2. The van der Waals surface area contributed by atoms with Gasteiger partial charge in [0, 0.05) is 57.3 Å². The first kappa shape index (κ1) is 34.1. The molecule has 57 heavy (non-hydrogen) atoms. The van der Waals surface area contributed by atoms with E-state index in [1.165, 1.54) is 16.7 Å². The van der Waals surface area contributed by atoms with Gasteiger partial charge in [0.15, 0.2) is 5.58 Å². The number of rotatable bonds is 9. The Morgan fingerprint density at radius 2 is 1.02 bits per heavy atom. The van der Waals surface area contributed by atoms with Crippen molar-refractivity contribution in [3.05, 3.63) is 212 Å². The zero-order valence-corrected chi connectivity index (χ0v) is 31.1. The predicted molar refractivity (Wildman–Crippen MR) is 235 cm³/mol. The molecule has 0 unspecified atom stereocenters. The maximum absolute atomic E-state index is 6.34. The molecule has 3 heterocycles. The van der Waals surface area contributed by atoms with Gasteiger partial charge in [-0.25, -0.2) is 0 Å². The van der Waals surface area contributed by atoms with Crippen molar-refractivity contribution in [2.75, 3.05) is 4.90 Å². The van der Waals surface area contributed by atoms with Crippen molar-refractivity contribution in [1.29, 1.82) is 0 Å². The van der Waals surface area contributed by atoms with E-state index in [0.29, 0.717) is 6.54 Å². The van der Waals surface area contributed by atoms with Crippen molar-refractivity contribution in [1.82, 2.24) is 4.98 Å². The highest BCUT2D eigenvalue weighted by atomic mass is 16.3. The Bertz CT molecular complexity index is 3050. The summed E-state index contributed by atoms with van der Waals surface area (Å²) >= 11 is 0. The predicted octanol–water partition coefficient (Wildman–Crippen LogP) is 13.7. The molecule has 0 aliphatic carbocycles. The van der Waals surface area contributed by atoms with Crippen molar-refractivity contribution in [3.63, 3.8) is 0 Å². The molecule has 0 atom stereocenters. The van der Waals surface area contributed by atoms with E-state index in [9.17, 15) is 0 Å². The number of aromatic nitrogens is 1. The molecule has 5 nitrogen and oxygen atoms in total. The number of nitrogens with two attached hydrogens (primary N) is 1. The molecule has 0 aliphatic heterocycles. The Morgan fingerprint density at radius 3 is 1.65 bits per heavy atom. The average Bonchev–Trinajstić information content (AvgIpc) is 3.86. The summed E-state index contributed by atoms with van der Waals surface area (Å²) in [5.41, 5.74) is 22.1. The van der Waals surface area contributed by atoms with Crippen molar-refractivity contribution >= 4 is 55.7 Å². The largest absolute Gasteiger partial charge is 0.456 e. The third-order valence-corrected chi connectivity index (χ3v) is 10.8. The number of furan rings is 2.